The highest BCUT2D eigenvalue weighted by molar-refractivity contribution is 7.98. The van der Waals surface area contributed by atoms with E-state index in [1.165, 1.54) is 18.7 Å². The first-order valence-electron chi connectivity index (χ1n) is 8.09. The summed E-state index contributed by atoms with van der Waals surface area (Å²) in [5.74, 6) is -0.864. The summed E-state index contributed by atoms with van der Waals surface area (Å²) < 4.78 is 5.11. The van der Waals surface area contributed by atoms with Gasteiger partial charge < -0.3 is 26.2 Å². The zero-order chi connectivity index (χ0) is 19.5. The Bertz CT molecular complexity index is 597. The number of nitrogens with one attached hydrogen (secondary N) is 2. The summed E-state index contributed by atoms with van der Waals surface area (Å²) in [7, 11) is 0. The first kappa shape index (κ1) is 21.8. The Hall–Kier alpha value is -2.26. The minimum Gasteiger partial charge on any atom is -0.445 e. The molecule has 0 aliphatic carbocycles. The number of amides is 3. The topological polar surface area (TPSA) is 131 Å². The molecule has 3 atom stereocenters. The van der Waals surface area contributed by atoms with Gasteiger partial charge in [0.1, 0.15) is 18.7 Å². The van der Waals surface area contributed by atoms with Crippen molar-refractivity contribution < 1.29 is 24.2 Å². The molecule has 1 aromatic rings. The number of alkyl carbamates (subject to hydrolysis) is 1. The second-order valence-corrected chi connectivity index (χ2v) is 6.65. The lowest BCUT2D eigenvalue weighted by molar-refractivity contribution is -0.130. The van der Waals surface area contributed by atoms with Crippen LogP contribution in [0.15, 0.2) is 30.3 Å². The molecular weight excluding hydrogens is 358 g/mol. The Balaban J connectivity index is 2.65. The highest BCUT2D eigenvalue weighted by atomic mass is 32.2. The van der Waals surface area contributed by atoms with Gasteiger partial charge in [-0.05, 0) is 30.9 Å². The number of ether oxygens (including phenoxy) is 1. The minimum atomic E-state index is -1.23. The van der Waals surface area contributed by atoms with Crippen molar-refractivity contribution in [3.05, 3.63) is 35.9 Å². The lowest BCUT2D eigenvalue weighted by Crippen LogP contribution is -2.56. The van der Waals surface area contributed by atoms with E-state index >= 15 is 0 Å². The van der Waals surface area contributed by atoms with Gasteiger partial charge in [-0.1, -0.05) is 30.3 Å². The van der Waals surface area contributed by atoms with Gasteiger partial charge >= 0.3 is 6.09 Å². The number of benzene rings is 1. The average molecular weight is 383 g/mol. The summed E-state index contributed by atoms with van der Waals surface area (Å²) in [6.07, 6.45) is 0.300. The van der Waals surface area contributed by atoms with Crippen LogP contribution in [0.1, 0.15) is 18.9 Å². The highest BCUT2D eigenvalue weighted by Crippen LogP contribution is 2.05. The number of aliphatic hydroxyl groups excluding tert-OH is 1. The molecule has 3 amide bonds. The summed E-state index contributed by atoms with van der Waals surface area (Å²) in [4.78, 5) is 35.7. The van der Waals surface area contributed by atoms with Crippen molar-refractivity contribution >= 4 is 29.7 Å². The van der Waals surface area contributed by atoms with Crippen LogP contribution in [0.3, 0.4) is 0 Å². The Labute approximate surface area is 156 Å². The third-order valence-electron chi connectivity index (χ3n) is 3.52. The molecule has 26 heavy (non-hydrogen) atoms. The quantitative estimate of drug-likeness (QED) is 0.462. The smallest absolute Gasteiger partial charge is 0.408 e. The van der Waals surface area contributed by atoms with Gasteiger partial charge in [0, 0.05) is 0 Å². The van der Waals surface area contributed by atoms with E-state index in [1.807, 2.05) is 36.6 Å². The third-order valence-corrected chi connectivity index (χ3v) is 4.16. The van der Waals surface area contributed by atoms with Crippen LogP contribution in [-0.2, 0) is 20.9 Å². The van der Waals surface area contributed by atoms with Crippen molar-refractivity contribution in [1.29, 1.82) is 0 Å². The van der Waals surface area contributed by atoms with Crippen molar-refractivity contribution in [2.24, 2.45) is 5.73 Å². The van der Waals surface area contributed by atoms with Gasteiger partial charge in [0.2, 0.25) is 11.8 Å². The maximum atomic E-state index is 12.4. The maximum absolute atomic E-state index is 12.4. The second kappa shape index (κ2) is 11.4. The molecule has 1 aromatic carbocycles. The number of aliphatic hydroxyl groups is 1. The van der Waals surface area contributed by atoms with Crippen LogP contribution < -0.4 is 16.4 Å². The Morgan fingerprint density at radius 3 is 2.42 bits per heavy atom. The molecule has 0 radical (unpaired) electrons. The molecular formula is C17H25N3O5S. The molecule has 1 rings (SSSR count). The number of thioether (sulfide) groups is 1. The predicted octanol–water partition coefficient (Wildman–Crippen LogP) is 0.385. The van der Waals surface area contributed by atoms with Crippen molar-refractivity contribution in [1.82, 2.24) is 10.6 Å². The molecule has 0 unspecified atom stereocenters. The summed E-state index contributed by atoms with van der Waals surface area (Å²) in [6, 6.07) is 6.98. The van der Waals surface area contributed by atoms with E-state index in [-0.39, 0.29) is 6.61 Å². The Kier molecular flexibility index (Phi) is 9.53. The molecule has 144 valence electrons. The third kappa shape index (κ3) is 7.75. The molecule has 0 heterocycles. The molecule has 0 aliphatic heterocycles. The zero-order valence-corrected chi connectivity index (χ0v) is 15.6. The summed E-state index contributed by atoms with van der Waals surface area (Å²) in [5, 5.41) is 14.4. The van der Waals surface area contributed by atoms with E-state index in [2.05, 4.69) is 10.6 Å². The zero-order valence-electron chi connectivity index (χ0n) is 14.8. The molecule has 0 spiro atoms. The number of carbonyl (C=O) groups excluding carboxylic acids is 3. The van der Waals surface area contributed by atoms with Gasteiger partial charge in [-0.25, -0.2) is 4.79 Å². The van der Waals surface area contributed by atoms with Gasteiger partial charge in [-0.2, -0.15) is 11.8 Å². The van der Waals surface area contributed by atoms with Gasteiger partial charge in [0.05, 0.1) is 6.10 Å². The fourth-order valence-electron chi connectivity index (χ4n) is 2.09. The van der Waals surface area contributed by atoms with Crippen LogP contribution in [0.2, 0.25) is 0 Å². The van der Waals surface area contributed by atoms with Crippen LogP contribution in [0.25, 0.3) is 0 Å². The SMILES string of the molecule is CSCC[C@H](NC(=O)OCc1ccccc1)C(=O)N[C@@H](C(N)=O)[C@@H](C)O. The normalized spacial score (nSPS) is 14.0. The van der Waals surface area contributed by atoms with E-state index in [0.29, 0.717) is 12.2 Å². The monoisotopic (exact) mass is 383 g/mol. The van der Waals surface area contributed by atoms with Crippen LogP contribution in [0.5, 0.6) is 0 Å². The predicted molar refractivity (Wildman–Crippen MR) is 99.4 cm³/mol. The lowest BCUT2D eigenvalue weighted by Gasteiger charge is -2.23. The average Bonchev–Trinajstić information content (AvgIpc) is 2.61. The van der Waals surface area contributed by atoms with Crippen molar-refractivity contribution in [2.75, 3.05) is 12.0 Å². The Morgan fingerprint density at radius 2 is 1.88 bits per heavy atom. The van der Waals surface area contributed by atoms with Crippen LogP contribution in [-0.4, -0.2) is 53.2 Å². The number of primary amides is 1. The lowest BCUT2D eigenvalue weighted by atomic mass is 10.1. The van der Waals surface area contributed by atoms with Crippen molar-refractivity contribution in [3.63, 3.8) is 0 Å². The van der Waals surface area contributed by atoms with E-state index in [9.17, 15) is 19.5 Å². The molecule has 0 saturated carbocycles. The largest absolute Gasteiger partial charge is 0.445 e. The molecule has 0 aromatic heterocycles. The molecule has 0 fully saturated rings. The fourth-order valence-corrected chi connectivity index (χ4v) is 2.57. The minimum absolute atomic E-state index is 0.0706. The van der Waals surface area contributed by atoms with Gasteiger partial charge in [-0.3, -0.25) is 9.59 Å². The Morgan fingerprint density at radius 1 is 1.23 bits per heavy atom. The van der Waals surface area contributed by atoms with Crippen LogP contribution in [0, 0.1) is 0 Å². The van der Waals surface area contributed by atoms with E-state index < -0.39 is 36.1 Å². The summed E-state index contributed by atoms with van der Waals surface area (Å²) in [5.41, 5.74) is 5.99. The number of hydrogen-bond donors (Lipinski definition) is 4. The van der Waals surface area contributed by atoms with Crippen molar-refractivity contribution in [2.45, 2.75) is 38.1 Å². The molecule has 9 heteroatoms. The highest BCUT2D eigenvalue weighted by Gasteiger charge is 2.28. The first-order valence-corrected chi connectivity index (χ1v) is 9.48. The summed E-state index contributed by atoms with van der Waals surface area (Å²) >= 11 is 1.50. The van der Waals surface area contributed by atoms with E-state index in [4.69, 9.17) is 10.5 Å². The fraction of sp³-hybridized carbons (Fsp3) is 0.471. The summed E-state index contributed by atoms with van der Waals surface area (Å²) in [6.45, 7) is 1.41. The molecule has 5 N–H and O–H groups in total. The number of carbonyl (C=O) groups is 3. The molecule has 0 saturated heterocycles. The molecule has 8 nitrogen and oxygen atoms in total. The maximum Gasteiger partial charge on any atom is 0.408 e. The number of rotatable bonds is 10. The molecule has 0 bridgehead atoms. The van der Waals surface area contributed by atoms with E-state index in [1.54, 1.807) is 0 Å². The molecule has 0 aliphatic rings. The van der Waals surface area contributed by atoms with E-state index in [0.717, 1.165) is 5.56 Å². The van der Waals surface area contributed by atoms with Gasteiger partial charge in [0.15, 0.2) is 0 Å². The van der Waals surface area contributed by atoms with Crippen LogP contribution >= 0.6 is 11.8 Å². The van der Waals surface area contributed by atoms with Gasteiger partial charge in [0.25, 0.3) is 0 Å². The second-order valence-electron chi connectivity index (χ2n) is 5.67. The standard InChI is InChI=1S/C17H25N3O5S/c1-11(21)14(15(18)22)20-16(23)13(8-9-26-2)19-17(24)25-10-12-6-4-3-5-7-12/h3-7,11,13-14,21H,8-10H2,1-2H3,(H2,18,22)(H,19,24)(H,20,23)/t11-,13+,14-/m1/s1. The van der Waals surface area contributed by atoms with Crippen molar-refractivity contribution in [3.8, 4) is 0 Å². The number of hydrogen-bond acceptors (Lipinski definition) is 6. The first-order chi connectivity index (χ1) is 12.3. The van der Waals surface area contributed by atoms with Crippen LogP contribution in [0.4, 0.5) is 4.79 Å². The number of nitrogens with two attached hydrogens (primary N) is 1. The van der Waals surface area contributed by atoms with Gasteiger partial charge in [-0.15, -0.1) is 0 Å².